The van der Waals surface area contributed by atoms with Gasteiger partial charge in [-0.2, -0.15) is 0 Å². The van der Waals surface area contributed by atoms with E-state index in [1.165, 1.54) is 0 Å². The van der Waals surface area contributed by atoms with Crippen LogP contribution in [0, 0.1) is 0 Å². The van der Waals surface area contributed by atoms with Gasteiger partial charge in [-0.3, -0.25) is 4.79 Å². The fourth-order valence-corrected chi connectivity index (χ4v) is 2.18. The second kappa shape index (κ2) is 8.89. The maximum Gasteiger partial charge on any atom is 0.255 e. The Morgan fingerprint density at radius 1 is 1.16 bits per heavy atom. The number of hydrogen-bond acceptors (Lipinski definition) is 6. The van der Waals surface area contributed by atoms with Crippen LogP contribution in [-0.2, 0) is 0 Å². The summed E-state index contributed by atoms with van der Waals surface area (Å²) in [6, 6.07) is 8.62. The summed E-state index contributed by atoms with van der Waals surface area (Å²) in [6.07, 6.45) is 1.61. The zero-order chi connectivity index (χ0) is 18.2. The summed E-state index contributed by atoms with van der Waals surface area (Å²) < 4.78 is 10.5. The number of carbonyl (C=O) groups is 1. The van der Waals surface area contributed by atoms with Crippen molar-refractivity contribution in [3.63, 3.8) is 0 Å². The van der Waals surface area contributed by atoms with E-state index in [2.05, 4.69) is 20.5 Å². The zero-order valence-electron chi connectivity index (χ0n) is 15.0. The quantitative estimate of drug-likeness (QED) is 0.765. The van der Waals surface area contributed by atoms with Gasteiger partial charge in [-0.15, -0.1) is 0 Å². The number of anilines is 2. The lowest BCUT2D eigenvalue weighted by molar-refractivity contribution is 0.102. The van der Waals surface area contributed by atoms with Gasteiger partial charge in [-0.1, -0.05) is 0 Å². The van der Waals surface area contributed by atoms with Crippen LogP contribution in [-0.4, -0.2) is 57.2 Å². The van der Waals surface area contributed by atoms with E-state index in [9.17, 15) is 4.79 Å². The van der Waals surface area contributed by atoms with E-state index in [1.807, 2.05) is 14.1 Å². The maximum atomic E-state index is 12.5. The number of nitrogens with zero attached hydrogens (tertiary/aromatic N) is 2. The lowest BCUT2D eigenvalue weighted by Crippen LogP contribution is -2.21. The van der Waals surface area contributed by atoms with Crippen molar-refractivity contribution in [2.75, 3.05) is 52.0 Å². The Morgan fingerprint density at radius 3 is 2.64 bits per heavy atom. The number of hydrogen-bond donors (Lipinski definition) is 2. The van der Waals surface area contributed by atoms with Crippen molar-refractivity contribution in [2.24, 2.45) is 0 Å². The summed E-state index contributed by atoms with van der Waals surface area (Å²) in [5, 5.41) is 6.04. The monoisotopic (exact) mass is 344 g/mol. The van der Waals surface area contributed by atoms with Crippen molar-refractivity contribution in [3.8, 4) is 11.5 Å². The van der Waals surface area contributed by atoms with E-state index in [0.29, 0.717) is 28.6 Å². The predicted octanol–water partition coefficient (Wildman–Crippen LogP) is 2.32. The summed E-state index contributed by atoms with van der Waals surface area (Å²) in [4.78, 5) is 18.8. The van der Waals surface area contributed by atoms with Gasteiger partial charge in [-0.25, -0.2) is 4.98 Å². The minimum Gasteiger partial charge on any atom is -0.497 e. The number of ether oxygens (including phenoxy) is 2. The van der Waals surface area contributed by atoms with Gasteiger partial charge in [0.25, 0.3) is 5.91 Å². The number of amides is 1. The summed E-state index contributed by atoms with van der Waals surface area (Å²) in [7, 11) is 7.12. The van der Waals surface area contributed by atoms with Gasteiger partial charge in [0.05, 0.1) is 19.9 Å². The first-order valence-electron chi connectivity index (χ1n) is 7.91. The molecule has 134 valence electrons. The SMILES string of the molecule is COc1ccc(OC)c(NC(=O)c2ccnc(NCCN(C)C)c2)c1. The van der Waals surface area contributed by atoms with E-state index < -0.39 is 0 Å². The van der Waals surface area contributed by atoms with Crippen molar-refractivity contribution < 1.29 is 14.3 Å². The molecule has 0 saturated carbocycles. The summed E-state index contributed by atoms with van der Waals surface area (Å²) in [5.41, 5.74) is 1.05. The van der Waals surface area contributed by atoms with Gasteiger partial charge in [0.1, 0.15) is 17.3 Å². The highest BCUT2D eigenvalue weighted by Crippen LogP contribution is 2.29. The predicted molar refractivity (Wildman–Crippen MR) is 98.8 cm³/mol. The van der Waals surface area contributed by atoms with Crippen LogP contribution in [0.3, 0.4) is 0 Å². The number of aromatic nitrogens is 1. The Labute approximate surface area is 148 Å². The van der Waals surface area contributed by atoms with Gasteiger partial charge in [0.2, 0.25) is 0 Å². The smallest absolute Gasteiger partial charge is 0.255 e. The highest BCUT2D eigenvalue weighted by atomic mass is 16.5. The van der Waals surface area contributed by atoms with Crippen LogP contribution in [0.15, 0.2) is 36.5 Å². The van der Waals surface area contributed by atoms with Crippen molar-refractivity contribution in [2.45, 2.75) is 0 Å². The van der Waals surface area contributed by atoms with E-state index in [1.54, 1.807) is 50.7 Å². The average molecular weight is 344 g/mol. The molecule has 0 aliphatic rings. The van der Waals surface area contributed by atoms with Crippen LogP contribution in [0.4, 0.5) is 11.5 Å². The molecular weight excluding hydrogens is 320 g/mol. The lowest BCUT2D eigenvalue weighted by Gasteiger charge is -2.13. The third-order valence-electron chi connectivity index (χ3n) is 3.54. The zero-order valence-corrected chi connectivity index (χ0v) is 15.0. The molecule has 0 saturated heterocycles. The van der Waals surface area contributed by atoms with Crippen LogP contribution < -0.4 is 20.1 Å². The fraction of sp³-hybridized carbons (Fsp3) is 0.333. The molecule has 0 aliphatic heterocycles. The molecule has 0 atom stereocenters. The molecule has 0 bridgehead atoms. The van der Waals surface area contributed by atoms with E-state index in [-0.39, 0.29) is 5.91 Å². The van der Waals surface area contributed by atoms with E-state index >= 15 is 0 Å². The first kappa shape index (κ1) is 18.5. The molecule has 1 aromatic heterocycles. The summed E-state index contributed by atoms with van der Waals surface area (Å²) in [5.74, 6) is 1.61. The van der Waals surface area contributed by atoms with Gasteiger partial charge in [0, 0.05) is 30.9 Å². The van der Waals surface area contributed by atoms with Crippen molar-refractivity contribution in [1.29, 1.82) is 0 Å². The molecule has 2 N–H and O–H groups in total. The highest BCUT2D eigenvalue weighted by Gasteiger charge is 2.12. The standard InChI is InChI=1S/C18H24N4O3/c1-22(2)10-9-20-17-11-13(7-8-19-17)18(23)21-15-12-14(24-3)5-6-16(15)25-4/h5-8,11-12H,9-10H2,1-4H3,(H,19,20)(H,21,23). The molecule has 0 spiro atoms. The number of methoxy groups -OCH3 is 2. The van der Waals surface area contributed by atoms with Crippen molar-refractivity contribution in [1.82, 2.24) is 9.88 Å². The minimum atomic E-state index is -0.246. The minimum absolute atomic E-state index is 0.246. The molecule has 1 heterocycles. The molecule has 0 fully saturated rings. The maximum absolute atomic E-state index is 12.5. The summed E-state index contributed by atoms with van der Waals surface area (Å²) in [6.45, 7) is 1.62. The second-order valence-corrected chi connectivity index (χ2v) is 5.68. The normalized spacial score (nSPS) is 10.4. The third-order valence-corrected chi connectivity index (χ3v) is 3.54. The first-order chi connectivity index (χ1) is 12.0. The largest absolute Gasteiger partial charge is 0.497 e. The molecule has 7 heteroatoms. The number of pyridine rings is 1. The van der Waals surface area contributed by atoms with Crippen LogP contribution in [0.25, 0.3) is 0 Å². The molecule has 25 heavy (non-hydrogen) atoms. The molecule has 0 unspecified atom stereocenters. The van der Waals surface area contributed by atoms with Crippen molar-refractivity contribution >= 4 is 17.4 Å². The van der Waals surface area contributed by atoms with Crippen LogP contribution in [0.5, 0.6) is 11.5 Å². The number of benzene rings is 1. The number of rotatable bonds is 8. The van der Waals surface area contributed by atoms with Crippen molar-refractivity contribution in [3.05, 3.63) is 42.1 Å². The Morgan fingerprint density at radius 2 is 1.96 bits per heavy atom. The highest BCUT2D eigenvalue weighted by molar-refractivity contribution is 6.05. The Hall–Kier alpha value is -2.80. The Balaban J connectivity index is 2.10. The molecular formula is C18H24N4O3. The van der Waals surface area contributed by atoms with Gasteiger partial charge in [0.15, 0.2) is 0 Å². The fourth-order valence-electron chi connectivity index (χ4n) is 2.18. The molecule has 0 aliphatic carbocycles. The third kappa shape index (κ3) is 5.36. The number of carbonyl (C=O) groups excluding carboxylic acids is 1. The molecule has 2 aromatic rings. The number of likely N-dealkylation sites (N-methyl/N-ethyl adjacent to an activating group) is 1. The van der Waals surface area contributed by atoms with E-state index in [4.69, 9.17) is 9.47 Å². The van der Waals surface area contributed by atoms with Gasteiger partial charge >= 0.3 is 0 Å². The molecule has 1 aromatic carbocycles. The molecule has 0 radical (unpaired) electrons. The first-order valence-corrected chi connectivity index (χ1v) is 7.91. The van der Waals surface area contributed by atoms with Gasteiger partial charge in [-0.05, 0) is 38.4 Å². The topological polar surface area (TPSA) is 75.7 Å². The van der Waals surface area contributed by atoms with Crippen LogP contribution >= 0.6 is 0 Å². The average Bonchev–Trinajstić information content (AvgIpc) is 2.61. The Bertz CT molecular complexity index is 719. The van der Waals surface area contributed by atoms with E-state index in [0.717, 1.165) is 13.1 Å². The van der Waals surface area contributed by atoms with Crippen LogP contribution in [0.2, 0.25) is 0 Å². The number of nitrogens with one attached hydrogen (secondary N) is 2. The summed E-state index contributed by atoms with van der Waals surface area (Å²) >= 11 is 0. The molecule has 2 rings (SSSR count). The Kier molecular flexibility index (Phi) is 6.59. The van der Waals surface area contributed by atoms with Gasteiger partial charge < -0.3 is 25.0 Å². The van der Waals surface area contributed by atoms with Crippen LogP contribution in [0.1, 0.15) is 10.4 Å². The molecule has 1 amide bonds. The second-order valence-electron chi connectivity index (χ2n) is 5.68. The lowest BCUT2D eigenvalue weighted by atomic mass is 10.2. The molecule has 7 nitrogen and oxygen atoms in total.